The van der Waals surface area contributed by atoms with Gasteiger partial charge in [0.05, 0.1) is 11.3 Å². The van der Waals surface area contributed by atoms with Crippen LogP contribution in [0.3, 0.4) is 0 Å². The van der Waals surface area contributed by atoms with E-state index in [1.807, 2.05) is 6.07 Å². The van der Waals surface area contributed by atoms with E-state index in [0.29, 0.717) is 5.03 Å². The third-order valence-corrected chi connectivity index (χ3v) is 4.48. The van der Waals surface area contributed by atoms with Gasteiger partial charge in [0, 0.05) is 11.1 Å². The second-order valence-electron chi connectivity index (χ2n) is 4.77. The first kappa shape index (κ1) is 13.0. The number of anilines is 1. The zero-order valence-electron chi connectivity index (χ0n) is 10.8. The first-order chi connectivity index (χ1) is 9.65. The number of fused-ring (bicyclic) bond motifs is 1. The summed E-state index contributed by atoms with van der Waals surface area (Å²) in [4.78, 5) is 16.3. The molecule has 0 spiro atoms. The molecule has 0 aliphatic heterocycles. The van der Waals surface area contributed by atoms with E-state index in [1.54, 1.807) is 0 Å². The SMILES string of the molecule is Nc1c(C(=O)O)ccnc1Sc1ccc2c(c1)CCC2. The number of carboxylic acid groups (broad SMARTS) is 1. The molecule has 1 aliphatic rings. The summed E-state index contributed by atoms with van der Waals surface area (Å²) in [5.74, 6) is -1.03. The average Bonchev–Trinajstić information content (AvgIpc) is 2.88. The number of rotatable bonds is 3. The molecule has 1 heterocycles. The molecule has 0 unspecified atom stereocenters. The summed E-state index contributed by atoms with van der Waals surface area (Å²) in [7, 11) is 0. The van der Waals surface area contributed by atoms with Gasteiger partial charge in [-0.1, -0.05) is 17.8 Å². The predicted octanol–water partition coefficient (Wildman–Crippen LogP) is 3.00. The molecule has 0 saturated heterocycles. The van der Waals surface area contributed by atoms with E-state index in [1.165, 1.54) is 41.6 Å². The van der Waals surface area contributed by atoms with Gasteiger partial charge in [0.15, 0.2) is 0 Å². The Balaban J connectivity index is 1.92. The topological polar surface area (TPSA) is 76.2 Å². The van der Waals surface area contributed by atoms with Gasteiger partial charge in [-0.25, -0.2) is 9.78 Å². The highest BCUT2D eigenvalue weighted by Gasteiger charge is 2.15. The van der Waals surface area contributed by atoms with Crippen LogP contribution in [0.2, 0.25) is 0 Å². The molecule has 3 N–H and O–H groups in total. The number of nitrogens with zero attached hydrogens (tertiary/aromatic N) is 1. The lowest BCUT2D eigenvalue weighted by Crippen LogP contribution is -2.04. The molecule has 0 atom stereocenters. The van der Waals surface area contributed by atoms with Crippen molar-refractivity contribution in [3.63, 3.8) is 0 Å². The van der Waals surface area contributed by atoms with Crippen LogP contribution < -0.4 is 5.73 Å². The smallest absolute Gasteiger partial charge is 0.337 e. The first-order valence-electron chi connectivity index (χ1n) is 6.42. The minimum Gasteiger partial charge on any atom is -0.478 e. The predicted molar refractivity (Wildman–Crippen MR) is 78.2 cm³/mol. The zero-order chi connectivity index (χ0) is 14.1. The maximum Gasteiger partial charge on any atom is 0.337 e. The molecule has 0 radical (unpaired) electrons. The number of benzene rings is 1. The molecule has 2 aromatic rings. The van der Waals surface area contributed by atoms with Crippen LogP contribution in [0.5, 0.6) is 0 Å². The van der Waals surface area contributed by atoms with Crippen molar-refractivity contribution in [2.45, 2.75) is 29.2 Å². The number of hydrogen-bond acceptors (Lipinski definition) is 4. The third-order valence-electron chi connectivity index (χ3n) is 3.47. The molecule has 1 aliphatic carbocycles. The van der Waals surface area contributed by atoms with E-state index < -0.39 is 5.97 Å². The average molecular weight is 286 g/mol. The number of hydrogen-bond donors (Lipinski definition) is 2. The van der Waals surface area contributed by atoms with Gasteiger partial charge in [-0.2, -0.15) is 0 Å². The monoisotopic (exact) mass is 286 g/mol. The van der Waals surface area contributed by atoms with Crippen molar-refractivity contribution in [3.05, 3.63) is 47.2 Å². The summed E-state index contributed by atoms with van der Waals surface area (Å²) >= 11 is 1.41. The van der Waals surface area contributed by atoms with Crippen LogP contribution in [0.25, 0.3) is 0 Å². The number of carbonyl (C=O) groups is 1. The molecular formula is C15H14N2O2S. The van der Waals surface area contributed by atoms with Gasteiger partial charge in [-0.05, 0) is 48.6 Å². The largest absolute Gasteiger partial charge is 0.478 e. The van der Waals surface area contributed by atoms with Crippen molar-refractivity contribution in [2.75, 3.05) is 5.73 Å². The molecule has 0 fully saturated rings. The molecule has 20 heavy (non-hydrogen) atoms. The second-order valence-corrected chi connectivity index (χ2v) is 5.83. The number of carboxylic acids is 1. The number of nitrogen functional groups attached to an aromatic ring is 1. The van der Waals surface area contributed by atoms with Crippen molar-refractivity contribution in [1.29, 1.82) is 0 Å². The minimum atomic E-state index is -1.03. The van der Waals surface area contributed by atoms with Crippen LogP contribution in [0.1, 0.15) is 27.9 Å². The zero-order valence-corrected chi connectivity index (χ0v) is 11.6. The molecule has 3 rings (SSSR count). The standard InChI is InChI=1S/C15H14N2O2S/c16-13-12(15(18)19)6-7-17-14(13)20-11-5-4-9-2-1-3-10(9)8-11/h4-8H,1-3,16H2,(H,18,19). The third kappa shape index (κ3) is 2.36. The van der Waals surface area contributed by atoms with Crippen molar-refractivity contribution in [3.8, 4) is 0 Å². The maximum atomic E-state index is 11.1. The van der Waals surface area contributed by atoms with Gasteiger partial charge in [-0.15, -0.1) is 0 Å². The van der Waals surface area contributed by atoms with Crippen LogP contribution in [0, 0.1) is 0 Å². The lowest BCUT2D eigenvalue weighted by atomic mass is 10.1. The van der Waals surface area contributed by atoms with Crippen molar-refractivity contribution >= 4 is 23.4 Å². The normalized spacial score (nSPS) is 13.2. The van der Waals surface area contributed by atoms with Gasteiger partial charge in [0.1, 0.15) is 5.03 Å². The molecule has 1 aromatic carbocycles. The summed E-state index contributed by atoms with van der Waals surface area (Å²) in [6, 6.07) is 7.76. The molecule has 0 amide bonds. The Kier molecular flexibility index (Phi) is 3.36. The molecule has 4 nitrogen and oxygen atoms in total. The highest BCUT2D eigenvalue weighted by Crippen LogP contribution is 2.34. The van der Waals surface area contributed by atoms with E-state index in [4.69, 9.17) is 10.8 Å². The van der Waals surface area contributed by atoms with E-state index in [-0.39, 0.29) is 11.3 Å². The first-order valence-corrected chi connectivity index (χ1v) is 7.24. The number of aromatic carboxylic acids is 1. The highest BCUT2D eigenvalue weighted by molar-refractivity contribution is 7.99. The lowest BCUT2D eigenvalue weighted by molar-refractivity contribution is 0.0697. The minimum absolute atomic E-state index is 0.101. The van der Waals surface area contributed by atoms with E-state index >= 15 is 0 Å². The summed E-state index contributed by atoms with van der Waals surface area (Å²) in [5.41, 5.74) is 9.00. The van der Waals surface area contributed by atoms with Gasteiger partial charge in [0.25, 0.3) is 0 Å². The number of nitrogens with two attached hydrogens (primary N) is 1. The lowest BCUT2D eigenvalue weighted by Gasteiger charge is -2.08. The van der Waals surface area contributed by atoms with E-state index in [2.05, 4.69) is 17.1 Å². The van der Waals surface area contributed by atoms with E-state index in [9.17, 15) is 4.79 Å². The summed E-state index contributed by atoms with van der Waals surface area (Å²) in [6.07, 6.45) is 4.95. The van der Waals surface area contributed by atoms with Crippen molar-refractivity contribution in [2.24, 2.45) is 0 Å². The Labute approximate surface area is 121 Å². The fourth-order valence-electron chi connectivity index (χ4n) is 2.45. The van der Waals surface area contributed by atoms with Gasteiger partial charge in [-0.3, -0.25) is 0 Å². The Morgan fingerprint density at radius 3 is 2.85 bits per heavy atom. The molecular weight excluding hydrogens is 272 g/mol. The summed E-state index contributed by atoms with van der Waals surface area (Å²) in [5, 5.41) is 9.61. The van der Waals surface area contributed by atoms with Crippen LogP contribution in [-0.2, 0) is 12.8 Å². The fourth-order valence-corrected chi connectivity index (χ4v) is 3.34. The van der Waals surface area contributed by atoms with Gasteiger partial charge in [0.2, 0.25) is 0 Å². The molecule has 1 aromatic heterocycles. The Hall–Kier alpha value is -2.01. The molecule has 5 heteroatoms. The Morgan fingerprint density at radius 2 is 2.05 bits per heavy atom. The number of aryl methyl sites for hydroxylation is 2. The van der Waals surface area contributed by atoms with Crippen molar-refractivity contribution < 1.29 is 9.90 Å². The maximum absolute atomic E-state index is 11.1. The second kappa shape index (κ2) is 5.17. The van der Waals surface area contributed by atoms with Crippen LogP contribution in [0.15, 0.2) is 40.4 Å². The molecule has 102 valence electrons. The summed E-state index contributed by atoms with van der Waals surface area (Å²) < 4.78 is 0. The van der Waals surface area contributed by atoms with Gasteiger partial charge < -0.3 is 10.8 Å². The fraction of sp³-hybridized carbons (Fsp3) is 0.200. The van der Waals surface area contributed by atoms with Crippen LogP contribution in [0.4, 0.5) is 5.69 Å². The quantitative estimate of drug-likeness (QED) is 0.907. The van der Waals surface area contributed by atoms with Crippen LogP contribution in [-0.4, -0.2) is 16.1 Å². The Morgan fingerprint density at radius 1 is 1.25 bits per heavy atom. The molecule has 0 bridgehead atoms. The number of aromatic nitrogens is 1. The number of pyridine rings is 1. The Bertz CT molecular complexity index is 686. The van der Waals surface area contributed by atoms with E-state index in [0.717, 1.165) is 17.7 Å². The van der Waals surface area contributed by atoms with Gasteiger partial charge >= 0.3 is 5.97 Å². The molecule has 0 saturated carbocycles. The van der Waals surface area contributed by atoms with Crippen LogP contribution >= 0.6 is 11.8 Å². The summed E-state index contributed by atoms with van der Waals surface area (Å²) in [6.45, 7) is 0. The van der Waals surface area contributed by atoms with Crippen molar-refractivity contribution in [1.82, 2.24) is 4.98 Å². The highest BCUT2D eigenvalue weighted by atomic mass is 32.2.